The zero-order valence-corrected chi connectivity index (χ0v) is 18.1. The van der Waals surface area contributed by atoms with E-state index in [1.807, 2.05) is 24.3 Å². The van der Waals surface area contributed by atoms with Gasteiger partial charge in [0.05, 0.1) is 19.8 Å². The van der Waals surface area contributed by atoms with Gasteiger partial charge in [0.2, 0.25) is 0 Å². The molecular formula is C24H32O7. The summed E-state index contributed by atoms with van der Waals surface area (Å²) in [6.07, 6.45) is 5.14. The number of esters is 1. The van der Waals surface area contributed by atoms with Crippen molar-refractivity contribution in [1.29, 1.82) is 0 Å². The van der Waals surface area contributed by atoms with E-state index in [4.69, 9.17) is 28.8 Å². The standard InChI is InChI=1S/C24H32O7/c1-28-18-11-9-17(10-12-18)23-22(24(27)30-16-6-14-26)21-19(7-5-8-20(21)31-23)29-15-4-2-3-13-25/h9-12,19,25-26H,2-8,13-16H2,1H3. The van der Waals surface area contributed by atoms with Crippen LogP contribution in [-0.2, 0) is 15.9 Å². The third-order valence-electron chi connectivity index (χ3n) is 5.43. The van der Waals surface area contributed by atoms with Crippen LogP contribution in [0.4, 0.5) is 0 Å². The fourth-order valence-corrected chi connectivity index (χ4v) is 3.84. The molecule has 3 rings (SSSR count). The second-order valence-electron chi connectivity index (χ2n) is 7.62. The van der Waals surface area contributed by atoms with Crippen LogP contribution in [0.15, 0.2) is 28.7 Å². The number of methoxy groups -OCH3 is 1. The van der Waals surface area contributed by atoms with Crippen LogP contribution in [0.5, 0.6) is 5.75 Å². The van der Waals surface area contributed by atoms with Gasteiger partial charge in [-0.1, -0.05) is 0 Å². The zero-order chi connectivity index (χ0) is 22.1. The first kappa shape index (κ1) is 23.3. The summed E-state index contributed by atoms with van der Waals surface area (Å²) in [6.45, 7) is 0.849. The van der Waals surface area contributed by atoms with Crippen LogP contribution in [-0.4, -0.2) is 49.7 Å². The highest BCUT2D eigenvalue weighted by Crippen LogP contribution is 2.42. The topological polar surface area (TPSA) is 98.4 Å². The number of aryl methyl sites for hydroxylation is 1. The highest BCUT2D eigenvalue weighted by Gasteiger charge is 2.34. The molecule has 1 aromatic carbocycles. The average molecular weight is 433 g/mol. The molecule has 1 aliphatic rings. The summed E-state index contributed by atoms with van der Waals surface area (Å²) in [4.78, 5) is 13.1. The Hall–Kier alpha value is -2.35. The summed E-state index contributed by atoms with van der Waals surface area (Å²) >= 11 is 0. The SMILES string of the molecule is COc1ccc(-c2oc3c(c2C(=O)OCCCO)C(OCCCCCO)CCC3)cc1. The lowest BCUT2D eigenvalue weighted by atomic mass is 9.91. The average Bonchev–Trinajstić information content (AvgIpc) is 3.19. The Labute approximate surface area is 182 Å². The third kappa shape index (κ3) is 5.87. The maximum Gasteiger partial charge on any atom is 0.342 e. The molecule has 7 heteroatoms. The lowest BCUT2D eigenvalue weighted by molar-refractivity contribution is 0.0325. The Kier molecular flexibility index (Phi) is 8.94. The lowest BCUT2D eigenvalue weighted by Gasteiger charge is -2.23. The molecule has 1 aliphatic carbocycles. The van der Waals surface area contributed by atoms with Crippen LogP contribution in [0, 0.1) is 0 Å². The predicted molar refractivity (Wildman–Crippen MR) is 115 cm³/mol. The van der Waals surface area contributed by atoms with Crippen molar-refractivity contribution in [2.24, 2.45) is 0 Å². The number of aliphatic hydroxyl groups is 2. The fourth-order valence-electron chi connectivity index (χ4n) is 3.84. The van der Waals surface area contributed by atoms with E-state index in [0.717, 1.165) is 61.2 Å². The van der Waals surface area contributed by atoms with Crippen LogP contribution in [0.25, 0.3) is 11.3 Å². The van der Waals surface area contributed by atoms with Gasteiger partial charge in [0.1, 0.15) is 22.8 Å². The maximum absolute atomic E-state index is 13.1. The minimum absolute atomic E-state index is 0.0400. The lowest BCUT2D eigenvalue weighted by Crippen LogP contribution is -2.17. The van der Waals surface area contributed by atoms with Crippen LogP contribution in [0.1, 0.15) is 66.3 Å². The summed E-state index contributed by atoms with van der Waals surface area (Å²) in [5, 5.41) is 18.0. The number of rotatable bonds is 12. The van der Waals surface area contributed by atoms with E-state index in [2.05, 4.69) is 0 Å². The van der Waals surface area contributed by atoms with Crippen molar-refractivity contribution in [3.05, 3.63) is 41.2 Å². The molecule has 1 aromatic heterocycles. The highest BCUT2D eigenvalue weighted by molar-refractivity contribution is 5.98. The van der Waals surface area contributed by atoms with Gasteiger partial charge < -0.3 is 28.8 Å². The first-order valence-electron chi connectivity index (χ1n) is 11.0. The van der Waals surface area contributed by atoms with Gasteiger partial charge in [0, 0.05) is 43.8 Å². The number of hydrogen-bond acceptors (Lipinski definition) is 7. The van der Waals surface area contributed by atoms with Gasteiger partial charge in [0.25, 0.3) is 0 Å². The van der Waals surface area contributed by atoms with Crippen molar-refractivity contribution in [3.8, 4) is 17.1 Å². The van der Waals surface area contributed by atoms with Crippen molar-refractivity contribution in [3.63, 3.8) is 0 Å². The van der Waals surface area contributed by atoms with Crippen molar-refractivity contribution >= 4 is 5.97 Å². The third-order valence-corrected chi connectivity index (χ3v) is 5.43. The number of hydrogen-bond donors (Lipinski definition) is 2. The molecule has 0 radical (unpaired) electrons. The number of carbonyl (C=O) groups excluding carboxylic acids is 1. The molecular weight excluding hydrogens is 400 g/mol. The number of unbranched alkanes of at least 4 members (excludes halogenated alkanes) is 2. The molecule has 1 heterocycles. The normalized spacial score (nSPS) is 15.5. The summed E-state index contributed by atoms with van der Waals surface area (Å²) in [5.41, 5.74) is 1.97. The van der Waals surface area contributed by atoms with Gasteiger partial charge in [-0.15, -0.1) is 0 Å². The molecule has 1 atom stereocenters. The Morgan fingerprint density at radius 1 is 1.06 bits per heavy atom. The largest absolute Gasteiger partial charge is 0.497 e. The quantitative estimate of drug-likeness (QED) is 0.386. The molecule has 31 heavy (non-hydrogen) atoms. The minimum Gasteiger partial charge on any atom is -0.497 e. The van der Waals surface area contributed by atoms with Gasteiger partial charge >= 0.3 is 5.97 Å². The van der Waals surface area contributed by atoms with Crippen LogP contribution in [0.3, 0.4) is 0 Å². The van der Waals surface area contributed by atoms with Crippen LogP contribution < -0.4 is 4.74 Å². The smallest absolute Gasteiger partial charge is 0.342 e. The first-order valence-corrected chi connectivity index (χ1v) is 11.0. The Morgan fingerprint density at radius 2 is 1.84 bits per heavy atom. The maximum atomic E-state index is 13.1. The number of fused-ring (bicyclic) bond motifs is 1. The molecule has 0 bridgehead atoms. The van der Waals surface area contributed by atoms with E-state index >= 15 is 0 Å². The van der Waals surface area contributed by atoms with Crippen molar-refractivity contribution in [2.75, 3.05) is 33.5 Å². The number of aliphatic hydroxyl groups excluding tert-OH is 2. The van der Waals surface area contributed by atoms with E-state index in [1.165, 1.54) is 0 Å². The number of benzene rings is 1. The van der Waals surface area contributed by atoms with E-state index in [9.17, 15) is 4.79 Å². The molecule has 0 fully saturated rings. The van der Waals surface area contributed by atoms with Crippen LogP contribution >= 0.6 is 0 Å². The molecule has 2 N–H and O–H groups in total. The van der Waals surface area contributed by atoms with Gasteiger partial charge in [-0.3, -0.25) is 0 Å². The highest BCUT2D eigenvalue weighted by atomic mass is 16.5. The van der Waals surface area contributed by atoms with Crippen molar-refractivity contribution in [1.82, 2.24) is 0 Å². The molecule has 170 valence electrons. The van der Waals surface area contributed by atoms with Gasteiger partial charge in [-0.2, -0.15) is 0 Å². The molecule has 0 spiro atoms. The number of carbonyl (C=O) groups is 1. The molecule has 1 unspecified atom stereocenters. The summed E-state index contributed by atoms with van der Waals surface area (Å²) in [7, 11) is 1.60. The summed E-state index contributed by atoms with van der Waals surface area (Å²) < 4.78 is 23.0. The zero-order valence-electron chi connectivity index (χ0n) is 18.1. The van der Waals surface area contributed by atoms with E-state index < -0.39 is 5.97 Å². The molecule has 0 aliphatic heterocycles. The molecule has 2 aromatic rings. The fraction of sp³-hybridized carbons (Fsp3) is 0.542. The Bertz CT molecular complexity index is 825. The van der Waals surface area contributed by atoms with E-state index in [0.29, 0.717) is 24.4 Å². The summed E-state index contributed by atoms with van der Waals surface area (Å²) in [6, 6.07) is 7.37. The molecule has 7 nitrogen and oxygen atoms in total. The first-order chi connectivity index (χ1) is 15.2. The van der Waals surface area contributed by atoms with E-state index in [-0.39, 0.29) is 25.9 Å². The second kappa shape index (κ2) is 11.9. The monoisotopic (exact) mass is 432 g/mol. The van der Waals surface area contributed by atoms with Crippen molar-refractivity contribution < 1.29 is 33.6 Å². The van der Waals surface area contributed by atoms with Crippen molar-refractivity contribution in [2.45, 2.75) is 51.0 Å². The van der Waals surface area contributed by atoms with Gasteiger partial charge in [-0.05, 0) is 56.4 Å². The van der Waals surface area contributed by atoms with E-state index in [1.54, 1.807) is 7.11 Å². The number of furan rings is 1. The minimum atomic E-state index is -0.458. The second-order valence-corrected chi connectivity index (χ2v) is 7.62. The Morgan fingerprint density at radius 3 is 2.55 bits per heavy atom. The van der Waals surface area contributed by atoms with Gasteiger partial charge in [0.15, 0.2) is 0 Å². The molecule has 0 amide bonds. The van der Waals surface area contributed by atoms with Gasteiger partial charge in [-0.25, -0.2) is 4.79 Å². The van der Waals surface area contributed by atoms with Crippen LogP contribution in [0.2, 0.25) is 0 Å². The predicted octanol–water partition coefficient (Wildman–Crippen LogP) is 4.05. The Balaban J connectivity index is 1.91. The molecule has 0 saturated carbocycles. The summed E-state index contributed by atoms with van der Waals surface area (Å²) in [5.74, 6) is 1.51. The molecule has 0 saturated heterocycles. The number of ether oxygens (including phenoxy) is 3.